The Labute approximate surface area is 128 Å². The number of hydrogen-bond acceptors (Lipinski definition) is 3. The first-order valence-corrected chi connectivity index (χ1v) is 7.85. The molecule has 2 nitrogen and oxygen atoms in total. The summed E-state index contributed by atoms with van der Waals surface area (Å²) < 4.78 is 7.26. The zero-order chi connectivity index (χ0) is 13.4. The molecule has 2 aromatic rings. The topological polar surface area (TPSA) is 26.3 Å². The summed E-state index contributed by atoms with van der Waals surface area (Å²) in [6.07, 6.45) is 1.25. The summed E-state index contributed by atoms with van der Waals surface area (Å²) in [6.45, 7) is 0.692. The lowest BCUT2D eigenvalue weighted by Gasteiger charge is -2.08. The van der Waals surface area contributed by atoms with Crippen LogP contribution >= 0.6 is 38.9 Å². The number of ketones is 1. The Balaban J connectivity index is 1.90. The van der Waals surface area contributed by atoms with Crippen molar-refractivity contribution in [2.45, 2.75) is 12.8 Å². The molecule has 0 unspecified atom stereocenters. The highest BCUT2D eigenvalue weighted by molar-refractivity contribution is 9.10. The van der Waals surface area contributed by atoms with Crippen molar-refractivity contribution in [2.24, 2.45) is 0 Å². The van der Waals surface area contributed by atoms with E-state index in [9.17, 15) is 4.79 Å². The number of halogens is 2. The van der Waals surface area contributed by atoms with E-state index in [2.05, 4.69) is 22.0 Å². The number of fused-ring (bicyclic) bond motifs is 1. The largest absolute Gasteiger partial charge is 0.493 e. The van der Waals surface area contributed by atoms with Gasteiger partial charge >= 0.3 is 0 Å². The Kier molecular flexibility index (Phi) is 3.65. The van der Waals surface area contributed by atoms with Gasteiger partial charge in [-0.2, -0.15) is 0 Å². The number of carbonyl (C=O) groups is 1. The van der Waals surface area contributed by atoms with E-state index in [4.69, 9.17) is 16.3 Å². The summed E-state index contributed by atoms with van der Waals surface area (Å²) in [5.41, 5.74) is 2.11. The van der Waals surface area contributed by atoms with E-state index in [0.29, 0.717) is 22.2 Å². The smallest absolute Gasteiger partial charge is 0.177 e. The molecule has 0 N–H and O–H groups in total. The summed E-state index contributed by atoms with van der Waals surface area (Å²) in [6, 6.07) is 7.53. The molecule has 0 saturated heterocycles. The summed E-state index contributed by atoms with van der Waals surface area (Å²) in [5, 5.41) is 0. The Morgan fingerprint density at radius 1 is 1.42 bits per heavy atom. The fourth-order valence-electron chi connectivity index (χ4n) is 2.20. The molecule has 1 aromatic carbocycles. The summed E-state index contributed by atoms with van der Waals surface area (Å²) >= 11 is 10.7. The van der Waals surface area contributed by atoms with E-state index in [1.54, 1.807) is 12.1 Å². The second kappa shape index (κ2) is 5.27. The lowest BCUT2D eigenvalue weighted by molar-refractivity contribution is 0.0996. The third-order valence-electron chi connectivity index (χ3n) is 3.02. The maximum absolute atomic E-state index is 12.2. The molecule has 98 valence electrons. The molecule has 1 aliphatic rings. The maximum Gasteiger partial charge on any atom is 0.177 e. The quantitative estimate of drug-likeness (QED) is 0.755. The van der Waals surface area contributed by atoms with Gasteiger partial charge in [0.25, 0.3) is 0 Å². The molecule has 1 aromatic heterocycles. The maximum atomic E-state index is 12.2. The van der Waals surface area contributed by atoms with Crippen LogP contribution in [0.3, 0.4) is 0 Å². The highest BCUT2D eigenvalue weighted by Gasteiger charge is 2.20. The molecule has 5 heteroatoms. The molecule has 19 heavy (non-hydrogen) atoms. The van der Waals surface area contributed by atoms with Crippen LogP contribution in [0.15, 0.2) is 28.7 Å². The van der Waals surface area contributed by atoms with Crippen molar-refractivity contribution in [1.82, 2.24) is 0 Å². The van der Waals surface area contributed by atoms with Gasteiger partial charge in [-0.1, -0.05) is 27.5 Å². The third-order valence-corrected chi connectivity index (χ3v) is 4.75. The van der Waals surface area contributed by atoms with E-state index in [-0.39, 0.29) is 5.78 Å². The van der Waals surface area contributed by atoms with E-state index >= 15 is 0 Å². The predicted octanol–water partition coefficient (Wildman–Crippen LogP) is 4.52. The van der Waals surface area contributed by atoms with Crippen LogP contribution < -0.4 is 4.74 Å². The van der Waals surface area contributed by atoms with Gasteiger partial charge in [-0.3, -0.25) is 4.79 Å². The third kappa shape index (κ3) is 2.71. The number of Topliss-reactive ketones (excluding diaryl/α,β-unsaturated/α-hetero) is 1. The fraction of sp³-hybridized carbons (Fsp3) is 0.214. The molecule has 2 heterocycles. The van der Waals surface area contributed by atoms with Crippen LogP contribution in [-0.4, -0.2) is 12.4 Å². The second-order valence-electron chi connectivity index (χ2n) is 4.36. The van der Waals surface area contributed by atoms with Gasteiger partial charge in [0, 0.05) is 22.9 Å². The van der Waals surface area contributed by atoms with Gasteiger partial charge in [-0.05, 0) is 29.8 Å². The van der Waals surface area contributed by atoms with Crippen molar-refractivity contribution in [3.8, 4) is 5.75 Å². The second-order valence-corrected chi connectivity index (χ2v) is 6.99. The minimum Gasteiger partial charge on any atom is -0.493 e. The minimum absolute atomic E-state index is 0.0766. The summed E-state index contributed by atoms with van der Waals surface area (Å²) in [4.78, 5) is 12.9. The van der Waals surface area contributed by atoms with Crippen molar-refractivity contribution in [3.63, 3.8) is 0 Å². The van der Waals surface area contributed by atoms with Gasteiger partial charge in [0.1, 0.15) is 5.75 Å². The van der Waals surface area contributed by atoms with E-state index < -0.39 is 0 Å². The molecule has 0 bridgehead atoms. The van der Waals surface area contributed by atoms with Crippen LogP contribution in [0.4, 0.5) is 0 Å². The standard InChI is InChI=1S/C14H10BrClO2S/c15-10-5-8-3-4-18-14(8)9(6-10)7-11(17)12-1-2-13(16)19-12/h1-2,5-6H,3-4,7H2. The predicted molar refractivity (Wildman–Crippen MR) is 80.7 cm³/mol. The molecule has 0 amide bonds. The number of benzene rings is 1. The first kappa shape index (κ1) is 13.2. The molecule has 0 spiro atoms. The highest BCUT2D eigenvalue weighted by atomic mass is 79.9. The zero-order valence-electron chi connectivity index (χ0n) is 9.91. The van der Waals surface area contributed by atoms with Gasteiger partial charge in [-0.15, -0.1) is 11.3 Å². The number of carbonyl (C=O) groups excluding carboxylic acids is 1. The van der Waals surface area contributed by atoms with Crippen molar-refractivity contribution in [3.05, 3.63) is 49.1 Å². The molecular formula is C14H10BrClO2S. The summed E-state index contributed by atoms with van der Waals surface area (Å²) in [7, 11) is 0. The molecule has 0 fully saturated rings. The van der Waals surface area contributed by atoms with E-state index in [1.165, 1.54) is 16.9 Å². The lowest BCUT2D eigenvalue weighted by Crippen LogP contribution is -2.03. The lowest BCUT2D eigenvalue weighted by atomic mass is 10.0. The van der Waals surface area contributed by atoms with Crippen LogP contribution in [0.5, 0.6) is 5.75 Å². The zero-order valence-corrected chi connectivity index (χ0v) is 13.1. The van der Waals surface area contributed by atoms with Crippen molar-refractivity contribution >= 4 is 44.7 Å². The van der Waals surface area contributed by atoms with Crippen LogP contribution in [0.25, 0.3) is 0 Å². The highest BCUT2D eigenvalue weighted by Crippen LogP contribution is 2.34. The number of ether oxygens (including phenoxy) is 1. The average Bonchev–Trinajstić information content (AvgIpc) is 2.97. The van der Waals surface area contributed by atoms with Crippen molar-refractivity contribution in [1.29, 1.82) is 0 Å². The molecule has 0 atom stereocenters. The summed E-state index contributed by atoms with van der Waals surface area (Å²) in [5.74, 6) is 0.951. The Bertz CT molecular complexity index is 651. The Morgan fingerprint density at radius 2 is 2.26 bits per heavy atom. The molecule has 0 saturated carbocycles. The van der Waals surface area contributed by atoms with Crippen molar-refractivity contribution < 1.29 is 9.53 Å². The van der Waals surface area contributed by atoms with Crippen LogP contribution in [0, 0.1) is 0 Å². The first-order chi connectivity index (χ1) is 9.13. The number of hydrogen-bond donors (Lipinski definition) is 0. The fourth-order valence-corrected chi connectivity index (χ4v) is 3.73. The molecule has 0 radical (unpaired) electrons. The Morgan fingerprint density at radius 3 is 3.00 bits per heavy atom. The van der Waals surface area contributed by atoms with Gasteiger partial charge < -0.3 is 4.74 Å². The Hall–Kier alpha value is -0.840. The van der Waals surface area contributed by atoms with Gasteiger partial charge in [-0.25, -0.2) is 0 Å². The monoisotopic (exact) mass is 356 g/mol. The molecule has 0 aliphatic carbocycles. The minimum atomic E-state index is 0.0766. The number of rotatable bonds is 3. The molecule has 1 aliphatic heterocycles. The van der Waals surface area contributed by atoms with Crippen molar-refractivity contribution in [2.75, 3.05) is 6.61 Å². The first-order valence-electron chi connectivity index (χ1n) is 5.86. The normalized spacial score (nSPS) is 13.2. The molecule has 3 rings (SSSR count). The van der Waals surface area contributed by atoms with Crippen LogP contribution in [0.2, 0.25) is 4.34 Å². The van der Waals surface area contributed by atoms with Crippen LogP contribution in [0.1, 0.15) is 20.8 Å². The SMILES string of the molecule is O=C(Cc1cc(Br)cc2c1OCC2)c1ccc(Cl)s1. The van der Waals surface area contributed by atoms with E-state index in [1.807, 2.05) is 6.07 Å². The van der Waals surface area contributed by atoms with Gasteiger partial charge in [0.2, 0.25) is 0 Å². The average molecular weight is 358 g/mol. The molecular weight excluding hydrogens is 348 g/mol. The van der Waals surface area contributed by atoms with E-state index in [0.717, 1.165) is 22.2 Å². The van der Waals surface area contributed by atoms with Gasteiger partial charge in [0.05, 0.1) is 15.8 Å². The van der Waals surface area contributed by atoms with Gasteiger partial charge in [0.15, 0.2) is 5.78 Å². The number of thiophene rings is 1. The van der Waals surface area contributed by atoms with Crippen LogP contribution in [-0.2, 0) is 12.8 Å².